The van der Waals surface area contributed by atoms with Gasteiger partial charge in [-0.05, 0) is 36.4 Å². The van der Waals surface area contributed by atoms with Crippen molar-refractivity contribution in [1.82, 2.24) is 4.98 Å². The molecule has 100 valence electrons. The first-order valence-electron chi connectivity index (χ1n) is 6.23. The van der Waals surface area contributed by atoms with Crippen molar-refractivity contribution in [3.8, 4) is 0 Å². The second-order valence-electron chi connectivity index (χ2n) is 4.84. The van der Waals surface area contributed by atoms with Crippen LogP contribution in [0, 0.1) is 0 Å². The summed E-state index contributed by atoms with van der Waals surface area (Å²) in [6.45, 7) is 0. The first kappa shape index (κ1) is 13.2. The average Bonchev–Trinajstić information content (AvgIpc) is 2.78. The Morgan fingerprint density at radius 2 is 1.80 bits per heavy atom. The molecule has 4 heteroatoms. The molecule has 0 radical (unpaired) electrons. The van der Waals surface area contributed by atoms with E-state index in [-0.39, 0.29) is 12.4 Å². The summed E-state index contributed by atoms with van der Waals surface area (Å²) in [4.78, 5) is 3.48. The molecule has 0 saturated carbocycles. The zero-order valence-electron chi connectivity index (χ0n) is 10.8. The molecule has 0 bridgehead atoms. The fraction of sp³-hybridized carbons (Fsp3) is 0.0625. The van der Waals surface area contributed by atoms with E-state index in [1.54, 1.807) is 0 Å². The third-order valence-corrected chi connectivity index (χ3v) is 3.95. The van der Waals surface area contributed by atoms with Crippen molar-refractivity contribution in [2.75, 3.05) is 0 Å². The highest BCUT2D eigenvalue weighted by molar-refractivity contribution is 6.31. The fourth-order valence-corrected chi connectivity index (χ4v) is 2.96. The van der Waals surface area contributed by atoms with E-state index < -0.39 is 0 Å². The van der Waals surface area contributed by atoms with Crippen LogP contribution in [0.1, 0.15) is 0 Å². The monoisotopic (exact) mass is 302 g/mol. The lowest BCUT2D eigenvalue weighted by Crippen LogP contribution is -3.00. The number of nitrogens with one attached hydrogen (secondary N) is 1. The van der Waals surface area contributed by atoms with E-state index in [0.717, 1.165) is 21.6 Å². The third-order valence-electron chi connectivity index (χ3n) is 3.71. The fourth-order valence-electron chi connectivity index (χ4n) is 2.78. The lowest BCUT2D eigenvalue weighted by Gasteiger charge is -2.01. The van der Waals surface area contributed by atoms with Crippen LogP contribution in [0.25, 0.3) is 32.8 Å². The number of aromatic nitrogens is 2. The smallest absolute Gasteiger partial charge is 0.287 e. The molecule has 0 amide bonds. The Labute approximate surface area is 127 Å². The van der Waals surface area contributed by atoms with E-state index in [2.05, 4.69) is 46.9 Å². The number of rotatable bonds is 0. The van der Waals surface area contributed by atoms with Crippen LogP contribution in [0.2, 0.25) is 5.02 Å². The third kappa shape index (κ3) is 1.76. The number of pyridine rings is 1. The van der Waals surface area contributed by atoms with Crippen LogP contribution in [0.4, 0.5) is 0 Å². The Bertz CT molecular complexity index is 941. The molecule has 0 aliphatic carbocycles. The van der Waals surface area contributed by atoms with E-state index in [1.807, 2.05) is 18.2 Å². The quantitative estimate of drug-likeness (QED) is 0.467. The van der Waals surface area contributed by atoms with Gasteiger partial charge in [0.25, 0.3) is 5.65 Å². The second-order valence-corrected chi connectivity index (χ2v) is 5.28. The van der Waals surface area contributed by atoms with Crippen LogP contribution < -0.4 is 17.0 Å². The van der Waals surface area contributed by atoms with E-state index in [1.165, 1.54) is 16.3 Å². The average molecular weight is 303 g/mol. The zero-order valence-corrected chi connectivity index (χ0v) is 12.3. The van der Waals surface area contributed by atoms with Gasteiger partial charge in [0, 0.05) is 15.8 Å². The number of nitrogens with zero attached hydrogens (tertiary/aromatic N) is 1. The van der Waals surface area contributed by atoms with Gasteiger partial charge in [-0.15, -0.1) is 0 Å². The van der Waals surface area contributed by atoms with Gasteiger partial charge in [0.05, 0.1) is 12.4 Å². The molecule has 0 spiro atoms. The molecule has 0 aliphatic heterocycles. The van der Waals surface area contributed by atoms with Crippen molar-refractivity contribution in [2.24, 2.45) is 7.05 Å². The van der Waals surface area contributed by atoms with Crippen molar-refractivity contribution < 1.29 is 17.0 Å². The highest BCUT2D eigenvalue weighted by atomic mass is 35.5. The predicted molar refractivity (Wildman–Crippen MR) is 79.5 cm³/mol. The van der Waals surface area contributed by atoms with Crippen molar-refractivity contribution >= 4 is 44.4 Å². The molecule has 2 aromatic carbocycles. The highest BCUT2D eigenvalue weighted by Crippen LogP contribution is 2.27. The number of aryl methyl sites for hydroxylation is 1. The molecule has 2 heterocycles. The summed E-state index contributed by atoms with van der Waals surface area (Å²) in [5, 5.41) is 4.40. The Balaban J connectivity index is 0.00000121. The van der Waals surface area contributed by atoms with Gasteiger partial charge < -0.3 is 12.4 Å². The molecule has 4 rings (SSSR count). The van der Waals surface area contributed by atoms with Gasteiger partial charge >= 0.3 is 0 Å². The topological polar surface area (TPSA) is 19.7 Å². The molecule has 0 fully saturated rings. The minimum absolute atomic E-state index is 0. The Kier molecular flexibility index (Phi) is 3.08. The molecule has 4 aromatic rings. The minimum atomic E-state index is 0. The zero-order chi connectivity index (χ0) is 13.0. The van der Waals surface area contributed by atoms with E-state index in [9.17, 15) is 0 Å². The van der Waals surface area contributed by atoms with Crippen LogP contribution in [-0.4, -0.2) is 4.98 Å². The number of hydrogen-bond donors (Lipinski definition) is 1. The molecule has 2 aromatic heterocycles. The van der Waals surface area contributed by atoms with Gasteiger partial charge in [0.15, 0.2) is 0 Å². The van der Waals surface area contributed by atoms with E-state index in [0.29, 0.717) is 0 Å². The predicted octanol–water partition coefficient (Wildman–Crippen LogP) is 0.956. The highest BCUT2D eigenvalue weighted by Gasteiger charge is 2.15. The maximum absolute atomic E-state index is 6.10. The van der Waals surface area contributed by atoms with E-state index >= 15 is 0 Å². The van der Waals surface area contributed by atoms with Crippen LogP contribution in [0.15, 0.2) is 48.5 Å². The molecular formula is C16H12Cl2N2. The largest absolute Gasteiger partial charge is 1.00 e. The van der Waals surface area contributed by atoms with E-state index in [4.69, 9.17) is 11.6 Å². The number of fused-ring (bicyclic) bond motifs is 4. The number of hydrogen-bond acceptors (Lipinski definition) is 0. The van der Waals surface area contributed by atoms with Gasteiger partial charge in [0.1, 0.15) is 11.0 Å². The molecule has 0 aliphatic rings. The molecule has 20 heavy (non-hydrogen) atoms. The van der Waals surface area contributed by atoms with Crippen LogP contribution in [-0.2, 0) is 7.05 Å². The van der Waals surface area contributed by atoms with Crippen molar-refractivity contribution in [3.63, 3.8) is 0 Å². The molecule has 0 atom stereocenters. The van der Waals surface area contributed by atoms with Gasteiger partial charge in [-0.3, -0.25) is 0 Å². The Hall–Kier alpha value is -1.77. The standard InChI is InChI=1S/C16H11ClN2.ClH/c1-19-15-7-6-11(17)8-10(15)9-13-12-4-2-3-5-14(12)18-16(13)19;/h2-9H,1H3;1H. The van der Waals surface area contributed by atoms with Crippen molar-refractivity contribution in [2.45, 2.75) is 0 Å². The number of H-pyrrole nitrogens is 1. The number of halogens is 2. The summed E-state index contributed by atoms with van der Waals surface area (Å²) < 4.78 is 2.18. The van der Waals surface area contributed by atoms with Gasteiger partial charge in [0.2, 0.25) is 0 Å². The Morgan fingerprint density at radius 1 is 1.00 bits per heavy atom. The summed E-state index contributed by atoms with van der Waals surface area (Å²) >= 11 is 6.10. The molecular weight excluding hydrogens is 291 g/mol. The summed E-state index contributed by atoms with van der Waals surface area (Å²) in [5.41, 5.74) is 3.47. The van der Waals surface area contributed by atoms with Crippen molar-refractivity contribution in [3.05, 3.63) is 53.6 Å². The Morgan fingerprint density at radius 3 is 2.65 bits per heavy atom. The maximum Gasteiger partial charge on any atom is 0.287 e. The van der Waals surface area contributed by atoms with Gasteiger partial charge in [-0.2, -0.15) is 0 Å². The summed E-state index contributed by atoms with van der Waals surface area (Å²) in [6.07, 6.45) is 0. The summed E-state index contributed by atoms with van der Waals surface area (Å²) in [5.74, 6) is 0. The van der Waals surface area contributed by atoms with Gasteiger partial charge in [-0.25, -0.2) is 9.55 Å². The van der Waals surface area contributed by atoms with Gasteiger partial charge in [-0.1, -0.05) is 23.7 Å². The molecule has 2 nitrogen and oxygen atoms in total. The molecule has 0 unspecified atom stereocenters. The maximum atomic E-state index is 6.10. The number of aromatic amines is 1. The van der Waals surface area contributed by atoms with Crippen molar-refractivity contribution in [1.29, 1.82) is 0 Å². The lowest BCUT2D eigenvalue weighted by atomic mass is 10.1. The first-order valence-corrected chi connectivity index (χ1v) is 6.60. The SMILES string of the molecule is C[n+]1c2ccc(Cl)cc2cc2c3ccccc3[nH]c21.[Cl-]. The molecule has 0 saturated heterocycles. The molecule has 1 N–H and O–H groups in total. The first-order chi connectivity index (χ1) is 9.24. The summed E-state index contributed by atoms with van der Waals surface area (Å²) in [6, 6.07) is 16.6. The van der Waals surface area contributed by atoms with Crippen LogP contribution in [0.5, 0.6) is 0 Å². The second kappa shape index (κ2) is 4.65. The number of benzene rings is 2. The minimum Gasteiger partial charge on any atom is -1.00 e. The van der Waals surface area contributed by atoms with Crippen LogP contribution >= 0.6 is 11.6 Å². The summed E-state index contributed by atoms with van der Waals surface area (Å²) in [7, 11) is 2.08. The number of para-hydroxylation sites is 1. The normalized spacial score (nSPS) is 11.1. The lowest BCUT2D eigenvalue weighted by molar-refractivity contribution is -0.619. The van der Waals surface area contributed by atoms with Crippen LogP contribution in [0.3, 0.4) is 0 Å².